The van der Waals surface area contributed by atoms with Crippen molar-refractivity contribution >= 4 is 23.1 Å². The first-order chi connectivity index (χ1) is 11.3. The van der Waals surface area contributed by atoms with Gasteiger partial charge < -0.3 is 4.74 Å². The molecule has 0 atom stereocenters. The summed E-state index contributed by atoms with van der Waals surface area (Å²) in [4.78, 5) is 43.3. The molecule has 2 aromatic carbocycles. The van der Waals surface area contributed by atoms with Gasteiger partial charge in [0.05, 0.1) is 21.5 Å². The van der Waals surface area contributed by atoms with Crippen molar-refractivity contribution < 1.29 is 24.2 Å². The van der Waals surface area contributed by atoms with Crippen molar-refractivity contribution in [3.8, 4) is 5.75 Å². The number of Topliss-reactive ketones (excluding diaryl/α,β-unsaturated/α-hetero) is 1. The molecule has 0 saturated heterocycles. The standard InChI is InChI=1S/C15H10N2O7/c1-9(18)10-3-2-4-14(7-10)24-15(19)11-5-12(16(20)21)8-13(6-11)17(22)23/h2-8H,1H3. The lowest BCUT2D eigenvalue weighted by atomic mass is 10.1. The molecular formula is C15H10N2O7. The lowest BCUT2D eigenvalue weighted by Crippen LogP contribution is -2.10. The summed E-state index contributed by atoms with van der Waals surface area (Å²) in [5.74, 6) is -1.21. The number of carbonyl (C=O) groups is 2. The Kier molecular flexibility index (Phi) is 4.64. The van der Waals surface area contributed by atoms with Gasteiger partial charge in [0.1, 0.15) is 5.75 Å². The Hall–Kier alpha value is -3.62. The summed E-state index contributed by atoms with van der Waals surface area (Å²) in [5.41, 5.74) is -1.24. The van der Waals surface area contributed by atoms with Crippen molar-refractivity contribution in [3.63, 3.8) is 0 Å². The predicted octanol–water partition coefficient (Wildman–Crippen LogP) is 2.92. The average molecular weight is 330 g/mol. The second-order valence-electron chi connectivity index (χ2n) is 4.73. The number of nitro benzene ring substituents is 2. The van der Waals surface area contributed by atoms with E-state index in [-0.39, 0.29) is 17.1 Å². The minimum absolute atomic E-state index is 0.0434. The summed E-state index contributed by atoms with van der Waals surface area (Å²) in [6, 6.07) is 8.26. The third-order valence-corrected chi connectivity index (χ3v) is 3.01. The lowest BCUT2D eigenvalue weighted by Gasteiger charge is -2.05. The van der Waals surface area contributed by atoms with Gasteiger partial charge in [-0.3, -0.25) is 25.0 Å². The first-order valence-corrected chi connectivity index (χ1v) is 6.55. The minimum Gasteiger partial charge on any atom is -0.423 e. The molecule has 9 heteroatoms. The van der Waals surface area contributed by atoms with Crippen LogP contribution in [-0.4, -0.2) is 21.6 Å². The zero-order valence-electron chi connectivity index (χ0n) is 12.3. The van der Waals surface area contributed by atoms with Crippen LogP contribution in [0.25, 0.3) is 0 Å². The summed E-state index contributed by atoms with van der Waals surface area (Å²) < 4.78 is 5.02. The molecule has 24 heavy (non-hydrogen) atoms. The van der Waals surface area contributed by atoms with Crippen molar-refractivity contribution in [1.29, 1.82) is 0 Å². The molecule has 9 nitrogen and oxygen atoms in total. The smallest absolute Gasteiger partial charge is 0.344 e. The largest absolute Gasteiger partial charge is 0.423 e. The molecule has 0 N–H and O–H groups in total. The van der Waals surface area contributed by atoms with Crippen LogP contribution in [0.5, 0.6) is 5.75 Å². The van der Waals surface area contributed by atoms with Crippen LogP contribution >= 0.6 is 0 Å². The molecule has 0 radical (unpaired) electrons. The van der Waals surface area contributed by atoms with Crippen LogP contribution in [0.1, 0.15) is 27.6 Å². The maximum atomic E-state index is 12.1. The first-order valence-electron chi connectivity index (χ1n) is 6.55. The van der Waals surface area contributed by atoms with Gasteiger partial charge in [0, 0.05) is 17.7 Å². The van der Waals surface area contributed by atoms with Crippen LogP contribution in [-0.2, 0) is 0 Å². The molecule has 0 aliphatic rings. The van der Waals surface area contributed by atoms with Gasteiger partial charge in [0.15, 0.2) is 5.78 Å². The average Bonchev–Trinajstić information content (AvgIpc) is 2.54. The van der Waals surface area contributed by atoms with Gasteiger partial charge in [-0.05, 0) is 19.1 Å². The van der Waals surface area contributed by atoms with Gasteiger partial charge >= 0.3 is 5.97 Å². The summed E-state index contributed by atoms with van der Waals surface area (Å²) in [6.45, 7) is 1.34. The van der Waals surface area contributed by atoms with E-state index in [0.717, 1.165) is 18.2 Å². The zero-order chi connectivity index (χ0) is 17.9. The third-order valence-electron chi connectivity index (χ3n) is 3.01. The van der Waals surface area contributed by atoms with Crippen molar-refractivity contribution in [1.82, 2.24) is 0 Å². The molecular weight excluding hydrogens is 320 g/mol. The van der Waals surface area contributed by atoms with Crippen LogP contribution in [0.4, 0.5) is 11.4 Å². The highest BCUT2D eigenvalue weighted by Gasteiger charge is 2.21. The molecule has 0 aromatic heterocycles. The Labute approximate surface area is 134 Å². The van der Waals surface area contributed by atoms with E-state index < -0.39 is 27.2 Å². The maximum absolute atomic E-state index is 12.1. The Morgan fingerprint density at radius 2 is 1.50 bits per heavy atom. The molecule has 0 amide bonds. The monoisotopic (exact) mass is 330 g/mol. The Morgan fingerprint density at radius 3 is 2.00 bits per heavy atom. The Morgan fingerprint density at radius 1 is 0.917 bits per heavy atom. The highest BCUT2D eigenvalue weighted by atomic mass is 16.6. The number of ether oxygens (including phenoxy) is 1. The molecule has 0 fully saturated rings. The lowest BCUT2D eigenvalue weighted by molar-refractivity contribution is -0.394. The van der Waals surface area contributed by atoms with Crippen molar-refractivity contribution in [2.45, 2.75) is 6.92 Å². The van der Waals surface area contributed by atoms with Crippen LogP contribution in [0, 0.1) is 20.2 Å². The topological polar surface area (TPSA) is 130 Å². The number of hydrogen-bond acceptors (Lipinski definition) is 7. The van der Waals surface area contributed by atoms with Gasteiger partial charge in [-0.2, -0.15) is 0 Å². The molecule has 0 heterocycles. The predicted molar refractivity (Wildman–Crippen MR) is 81.2 cm³/mol. The van der Waals surface area contributed by atoms with Crippen LogP contribution < -0.4 is 4.74 Å². The fourth-order valence-corrected chi connectivity index (χ4v) is 1.87. The molecule has 0 bridgehead atoms. The second kappa shape index (κ2) is 6.65. The molecule has 122 valence electrons. The summed E-state index contributed by atoms with van der Waals surface area (Å²) in [5, 5.41) is 21.6. The fourth-order valence-electron chi connectivity index (χ4n) is 1.87. The van der Waals surface area contributed by atoms with Crippen LogP contribution in [0.3, 0.4) is 0 Å². The fraction of sp³-hybridized carbons (Fsp3) is 0.0667. The molecule has 0 spiro atoms. The molecule has 0 saturated carbocycles. The highest BCUT2D eigenvalue weighted by Crippen LogP contribution is 2.24. The van der Waals surface area contributed by atoms with E-state index in [1.165, 1.54) is 31.2 Å². The molecule has 0 aliphatic heterocycles. The molecule has 0 unspecified atom stereocenters. The number of ketones is 1. The number of carbonyl (C=O) groups excluding carboxylic acids is 2. The number of hydrogen-bond donors (Lipinski definition) is 0. The van der Waals surface area contributed by atoms with Gasteiger partial charge in [-0.1, -0.05) is 12.1 Å². The van der Waals surface area contributed by atoms with E-state index in [4.69, 9.17) is 4.74 Å². The number of benzene rings is 2. The van der Waals surface area contributed by atoms with E-state index in [2.05, 4.69) is 0 Å². The van der Waals surface area contributed by atoms with E-state index in [9.17, 15) is 29.8 Å². The normalized spacial score (nSPS) is 10.0. The summed E-state index contributed by atoms with van der Waals surface area (Å²) >= 11 is 0. The van der Waals surface area contributed by atoms with Crippen molar-refractivity contribution in [3.05, 3.63) is 73.8 Å². The minimum atomic E-state index is -1.01. The summed E-state index contributed by atoms with van der Waals surface area (Å²) in [7, 11) is 0. The van der Waals surface area contributed by atoms with Gasteiger partial charge in [-0.15, -0.1) is 0 Å². The third kappa shape index (κ3) is 3.77. The summed E-state index contributed by atoms with van der Waals surface area (Å²) in [6.07, 6.45) is 0. The van der Waals surface area contributed by atoms with E-state index >= 15 is 0 Å². The van der Waals surface area contributed by atoms with E-state index in [0.29, 0.717) is 5.56 Å². The number of rotatable bonds is 5. The van der Waals surface area contributed by atoms with Crippen LogP contribution in [0.15, 0.2) is 42.5 Å². The van der Waals surface area contributed by atoms with E-state index in [1.54, 1.807) is 0 Å². The number of non-ortho nitro benzene ring substituents is 2. The van der Waals surface area contributed by atoms with Crippen molar-refractivity contribution in [2.75, 3.05) is 0 Å². The Bertz CT molecular complexity index is 828. The number of esters is 1. The number of nitro groups is 2. The highest BCUT2D eigenvalue weighted by molar-refractivity contribution is 5.95. The maximum Gasteiger partial charge on any atom is 0.344 e. The zero-order valence-corrected chi connectivity index (χ0v) is 12.3. The SMILES string of the molecule is CC(=O)c1cccc(OC(=O)c2cc([N+](=O)[O-])cc([N+](=O)[O-])c2)c1. The van der Waals surface area contributed by atoms with Gasteiger partial charge in [0.2, 0.25) is 0 Å². The molecule has 2 aromatic rings. The second-order valence-corrected chi connectivity index (χ2v) is 4.73. The van der Waals surface area contributed by atoms with Crippen LogP contribution in [0.2, 0.25) is 0 Å². The number of nitrogens with zero attached hydrogens (tertiary/aromatic N) is 2. The quantitative estimate of drug-likeness (QED) is 0.271. The molecule has 0 aliphatic carbocycles. The van der Waals surface area contributed by atoms with Gasteiger partial charge in [-0.25, -0.2) is 4.79 Å². The van der Waals surface area contributed by atoms with Crippen molar-refractivity contribution in [2.24, 2.45) is 0 Å². The van der Waals surface area contributed by atoms with E-state index in [1.807, 2.05) is 0 Å². The van der Waals surface area contributed by atoms with Gasteiger partial charge in [0.25, 0.3) is 11.4 Å². The molecule has 2 rings (SSSR count). The first kappa shape index (κ1) is 16.7. The Balaban J connectivity index is 2.35.